The van der Waals surface area contributed by atoms with Gasteiger partial charge in [0.2, 0.25) is 0 Å². The zero-order valence-corrected chi connectivity index (χ0v) is 17.5. The second kappa shape index (κ2) is 8.29. The second-order valence-corrected chi connectivity index (χ2v) is 8.35. The van der Waals surface area contributed by atoms with E-state index >= 15 is 0 Å². The maximum Gasteiger partial charge on any atom is 0.191 e. The fourth-order valence-corrected chi connectivity index (χ4v) is 4.99. The van der Waals surface area contributed by atoms with E-state index in [2.05, 4.69) is 35.2 Å². The van der Waals surface area contributed by atoms with Crippen molar-refractivity contribution < 1.29 is 0 Å². The van der Waals surface area contributed by atoms with Gasteiger partial charge in [0.05, 0.1) is 23.4 Å². The van der Waals surface area contributed by atoms with Crippen LogP contribution in [0.2, 0.25) is 5.02 Å². The quantitative estimate of drug-likeness (QED) is 0.791. The summed E-state index contributed by atoms with van der Waals surface area (Å²) in [4.78, 5) is 2.26. The first kappa shape index (κ1) is 20.7. The van der Waals surface area contributed by atoms with E-state index in [9.17, 15) is 15.8 Å². The number of hydrogen-bond donors (Lipinski definition) is 1. The zero-order valence-electron chi connectivity index (χ0n) is 16.8. The molecule has 4 rings (SSSR count). The van der Waals surface area contributed by atoms with E-state index < -0.39 is 11.3 Å². The van der Waals surface area contributed by atoms with Crippen LogP contribution in [0.5, 0.6) is 0 Å². The lowest BCUT2D eigenvalue weighted by Gasteiger charge is -2.45. The lowest BCUT2D eigenvalue weighted by molar-refractivity contribution is 0.201. The molecule has 1 heterocycles. The summed E-state index contributed by atoms with van der Waals surface area (Å²) in [5, 5.41) is 30.7. The molecule has 31 heavy (non-hydrogen) atoms. The minimum Gasteiger partial charge on any atom is -0.399 e. The first-order valence-electron chi connectivity index (χ1n) is 9.99. The number of nitriles is 3. The van der Waals surface area contributed by atoms with Gasteiger partial charge in [0.15, 0.2) is 5.41 Å². The van der Waals surface area contributed by atoms with Crippen molar-refractivity contribution in [2.24, 2.45) is 17.1 Å². The third kappa shape index (κ3) is 3.47. The topological polar surface area (TPSA) is 101 Å². The Labute approximate surface area is 186 Å². The fourth-order valence-electron chi connectivity index (χ4n) is 4.79. The molecule has 5 nitrogen and oxygen atoms in total. The summed E-state index contributed by atoms with van der Waals surface area (Å²) in [5.41, 5.74) is 7.75. The summed E-state index contributed by atoms with van der Waals surface area (Å²) < 4.78 is 0. The van der Waals surface area contributed by atoms with Gasteiger partial charge in [-0.25, -0.2) is 0 Å². The van der Waals surface area contributed by atoms with Gasteiger partial charge in [0.25, 0.3) is 0 Å². The van der Waals surface area contributed by atoms with Gasteiger partial charge in [-0.15, -0.1) is 0 Å². The van der Waals surface area contributed by atoms with Crippen LogP contribution in [0.15, 0.2) is 77.5 Å². The van der Waals surface area contributed by atoms with Crippen molar-refractivity contribution in [3.8, 4) is 18.2 Å². The van der Waals surface area contributed by atoms with Crippen LogP contribution in [0.1, 0.15) is 17.0 Å². The van der Waals surface area contributed by atoms with Gasteiger partial charge in [0, 0.05) is 36.5 Å². The maximum atomic E-state index is 10.2. The lowest BCUT2D eigenvalue weighted by atomic mass is 9.58. The van der Waals surface area contributed by atoms with Crippen LogP contribution in [0.25, 0.3) is 0 Å². The van der Waals surface area contributed by atoms with Crippen molar-refractivity contribution in [1.82, 2.24) is 4.90 Å². The van der Waals surface area contributed by atoms with Gasteiger partial charge in [-0.3, -0.25) is 4.90 Å². The third-order valence-corrected chi connectivity index (χ3v) is 6.43. The highest BCUT2D eigenvalue weighted by Gasteiger charge is 2.54. The Morgan fingerprint density at radius 2 is 1.81 bits per heavy atom. The Morgan fingerprint density at radius 3 is 2.45 bits per heavy atom. The van der Waals surface area contributed by atoms with Crippen molar-refractivity contribution in [3.63, 3.8) is 0 Å². The number of benzene rings is 2. The molecule has 0 saturated carbocycles. The van der Waals surface area contributed by atoms with E-state index in [0.29, 0.717) is 18.1 Å². The molecule has 0 radical (unpaired) electrons. The summed E-state index contributed by atoms with van der Waals surface area (Å²) in [6.45, 7) is 1.99. The van der Waals surface area contributed by atoms with Crippen molar-refractivity contribution >= 4 is 11.6 Å². The Kier molecular flexibility index (Phi) is 5.53. The van der Waals surface area contributed by atoms with Crippen molar-refractivity contribution in [3.05, 3.63) is 93.7 Å². The molecule has 0 amide bonds. The number of hydrogen-bond acceptors (Lipinski definition) is 5. The van der Waals surface area contributed by atoms with Crippen molar-refractivity contribution in [2.45, 2.75) is 12.5 Å². The van der Waals surface area contributed by atoms with Crippen LogP contribution in [0, 0.1) is 45.3 Å². The fraction of sp³-hybridized carbons (Fsp3) is 0.240. The van der Waals surface area contributed by atoms with E-state index in [1.165, 1.54) is 5.56 Å². The largest absolute Gasteiger partial charge is 0.399 e. The minimum atomic E-state index is -1.65. The molecule has 152 valence electrons. The Bertz CT molecular complexity index is 1180. The average molecular weight is 426 g/mol. The molecule has 0 saturated heterocycles. The molecule has 0 unspecified atom stereocenters. The summed E-state index contributed by atoms with van der Waals surface area (Å²) in [5.74, 6) is -0.777. The predicted molar refractivity (Wildman–Crippen MR) is 118 cm³/mol. The lowest BCUT2D eigenvalue weighted by Crippen LogP contribution is -2.47. The van der Waals surface area contributed by atoms with Gasteiger partial charge < -0.3 is 5.73 Å². The van der Waals surface area contributed by atoms with Crippen LogP contribution in [0.3, 0.4) is 0 Å². The molecule has 2 N–H and O–H groups in total. The van der Waals surface area contributed by atoms with E-state index in [4.69, 9.17) is 17.3 Å². The molecule has 0 fully saturated rings. The first-order chi connectivity index (χ1) is 15.0. The SMILES string of the molecule is N#CC1=C(N)C(C#N)(C#N)[C@H](c2cccc(Cl)c2)[C@@H]2CN(Cc3ccccc3)CC=C12. The molecular weight excluding hydrogens is 406 g/mol. The Morgan fingerprint density at radius 1 is 1.06 bits per heavy atom. The number of halogens is 1. The summed E-state index contributed by atoms with van der Waals surface area (Å²) >= 11 is 6.26. The molecule has 2 aromatic rings. The van der Waals surface area contributed by atoms with Crippen LogP contribution in [-0.4, -0.2) is 18.0 Å². The highest BCUT2D eigenvalue weighted by molar-refractivity contribution is 6.30. The molecule has 2 aliphatic rings. The van der Waals surface area contributed by atoms with E-state index in [0.717, 1.165) is 17.7 Å². The molecule has 2 atom stereocenters. The van der Waals surface area contributed by atoms with Gasteiger partial charge in [-0.1, -0.05) is 60.1 Å². The van der Waals surface area contributed by atoms with E-state index in [1.54, 1.807) is 12.1 Å². The van der Waals surface area contributed by atoms with Crippen molar-refractivity contribution in [2.75, 3.05) is 13.1 Å². The summed E-state index contributed by atoms with van der Waals surface area (Å²) in [6, 6.07) is 23.8. The van der Waals surface area contributed by atoms with E-state index in [1.807, 2.05) is 36.4 Å². The predicted octanol–water partition coefficient (Wildman–Crippen LogP) is 4.27. The Hall–Kier alpha value is -3.56. The maximum absolute atomic E-state index is 10.2. The minimum absolute atomic E-state index is 0.0315. The molecule has 0 aromatic heterocycles. The molecule has 1 aliphatic carbocycles. The van der Waals surface area contributed by atoms with Crippen LogP contribution in [0.4, 0.5) is 0 Å². The highest BCUT2D eigenvalue weighted by Crippen LogP contribution is 2.54. The number of nitrogens with two attached hydrogens (primary N) is 1. The zero-order chi connectivity index (χ0) is 22.0. The number of fused-ring (bicyclic) bond motifs is 1. The number of nitrogens with zero attached hydrogens (tertiary/aromatic N) is 4. The molecule has 2 aromatic carbocycles. The second-order valence-electron chi connectivity index (χ2n) is 7.91. The Balaban J connectivity index is 1.85. The monoisotopic (exact) mass is 425 g/mol. The van der Waals surface area contributed by atoms with Gasteiger partial charge >= 0.3 is 0 Å². The van der Waals surface area contributed by atoms with Crippen LogP contribution >= 0.6 is 11.6 Å². The number of rotatable bonds is 3. The van der Waals surface area contributed by atoms with Gasteiger partial charge in [-0.05, 0) is 28.8 Å². The molecule has 1 aliphatic heterocycles. The molecular formula is C25H20ClN5. The standard InChI is InChI=1S/C25H20ClN5/c26-19-8-4-7-18(11-19)23-22-14-31(13-17-5-2-1-3-6-17)10-9-20(22)21(12-27)24(30)25(23,15-28)16-29/h1-9,11,22-23H,10,13-14,30H2/t22-,23-/m1/s1. The smallest absolute Gasteiger partial charge is 0.191 e. The molecule has 6 heteroatoms. The summed E-state index contributed by atoms with van der Waals surface area (Å²) in [6.07, 6.45) is 2.01. The van der Waals surface area contributed by atoms with E-state index in [-0.39, 0.29) is 17.2 Å². The molecule has 0 spiro atoms. The normalized spacial score (nSPS) is 22.5. The van der Waals surface area contributed by atoms with Gasteiger partial charge in [-0.2, -0.15) is 15.8 Å². The first-order valence-corrected chi connectivity index (χ1v) is 10.4. The highest BCUT2D eigenvalue weighted by atomic mass is 35.5. The number of allylic oxidation sites excluding steroid dienone is 2. The van der Waals surface area contributed by atoms with Crippen LogP contribution < -0.4 is 5.73 Å². The van der Waals surface area contributed by atoms with Crippen molar-refractivity contribution in [1.29, 1.82) is 15.8 Å². The van der Waals surface area contributed by atoms with Crippen LogP contribution in [-0.2, 0) is 6.54 Å². The van der Waals surface area contributed by atoms with Gasteiger partial charge in [0.1, 0.15) is 6.07 Å². The average Bonchev–Trinajstić information content (AvgIpc) is 2.79. The summed E-state index contributed by atoms with van der Waals surface area (Å²) in [7, 11) is 0. The third-order valence-electron chi connectivity index (χ3n) is 6.20. The molecule has 0 bridgehead atoms.